The highest BCUT2D eigenvalue weighted by molar-refractivity contribution is 7.05. The largest absolute Gasteiger partial charge is 0.309 e. The van der Waals surface area contributed by atoms with Crippen molar-refractivity contribution >= 4 is 23.1 Å². The lowest BCUT2D eigenvalue weighted by Gasteiger charge is -2.22. The minimum absolute atomic E-state index is 0.00348. The molecule has 0 spiro atoms. The maximum atomic E-state index is 6.30. The van der Waals surface area contributed by atoms with Crippen LogP contribution in [-0.4, -0.2) is 16.1 Å². The molecule has 2 aromatic rings. The van der Waals surface area contributed by atoms with Crippen LogP contribution in [0.15, 0.2) is 24.3 Å². The zero-order valence-electron chi connectivity index (χ0n) is 13.0. The second-order valence-corrected chi connectivity index (χ2v) is 7.33. The molecule has 0 aliphatic rings. The first-order valence-electron chi connectivity index (χ1n) is 7.23. The van der Waals surface area contributed by atoms with Crippen molar-refractivity contribution < 1.29 is 0 Å². The van der Waals surface area contributed by atoms with Crippen LogP contribution < -0.4 is 5.32 Å². The summed E-state index contributed by atoms with van der Waals surface area (Å²) in [6.45, 7) is 9.53. The minimum Gasteiger partial charge on any atom is -0.309 e. The molecule has 1 aromatic carbocycles. The lowest BCUT2D eigenvalue weighted by Crippen LogP contribution is -2.26. The van der Waals surface area contributed by atoms with Crippen molar-refractivity contribution in [3.8, 4) is 0 Å². The monoisotopic (exact) mass is 323 g/mol. The highest BCUT2D eigenvalue weighted by Gasteiger charge is 2.27. The second kappa shape index (κ2) is 6.86. The van der Waals surface area contributed by atoms with E-state index in [9.17, 15) is 0 Å². The Hall–Kier alpha value is -0.970. The maximum Gasteiger partial charge on any atom is 0.0857 e. The fourth-order valence-corrected chi connectivity index (χ4v) is 3.48. The third kappa shape index (κ3) is 4.02. The van der Waals surface area contributed by atoms with Crippen molar-refractivity contribution in [2.75, 3.05) is 6.54 Å². The Balaban J connectivity index is 2.32. The molecule has 1 atom stereocenters. The van der Waals surface area contributed by atoms with Crippen LogP contribution in [0.3, 0.4) is 0 Å². The third-order valence-corrected chi connectivity index (χ3v) is 4.58. The molecule has 0 saturated carbocycles. The van der Waals surface area contributed by atoms with E-state index in [1.165, 1.54) is 16.4 Å². The number of halogens is 1. The lowest BCUT2D eigenvalue weighted by molar-refractivity contribution is 0.515. The Morgan fingerprint density at radius 1 is 1.29 bits per heavy atom. The van der Waals surface area contributed by atoms with E-state index in [2.05, 4.69) is 48.7 Å². The summed E-state index contributed by atoms with van der Waals surface area (Å²) in [5, 5.41) is 8.71. The molecule has 0 saturated heterocycles. The zero-order valence-corrected chi connectivity index (χ0v) is 14.6. The lowest BCUT2D eigenvalue weighted by atomic mass is 9.89. The van der Waals surface area contributed by atoms with E-state index in [4.69, 9.17) is 11.6 Å². The molecule has 1 heterocycles. The van der Waals surface area contributed by atoms with Gasteiger partial charge >= 0.3 is 0 Å². The summed E-state index contributed by atoms with van der Waals surface area (Å²) in [7, 11) is 0. The van der Waals surface area contributed by atoms with E-state index in [-0.39, 0.29) is 11.5 Å². The van der Waals surface area contributed by atoms with Crippen molar-refractivity contribution in [1.29, 1.82) is 0 Å². The number of hydrogen-bond acceptors (Lipinski definition) is 4. The fraction of sp³-hybridized carbons (Fsp3) is 0.500. The highest BCUT2D eigenvalue weighted by atomic mass is 35.5. The molecule has 0 amide bonds. The Morgan fingerprint density at radius 2 is 2.00 bits per heavy atom. The van der Waals surface area contributed by atoms with Gasteiger partial charge in [-0.1, -0.05) is 62.0 Å². The summed E-state index contributed by atoms with van der Waals surface area (Å²) in [6, 6.07) is 8.21. The van der Waals surface area contributed by atoms with Crippen LogP contribution in [0, 0.1) is 0 Å². The number of aromatic nitrogens is 2. The Bertz CT molecular complexity index is 589. The number of hydrogen-bond donors (Lipinski definition) is 1. The van der Waals surface area contributed by atoms with Gasteiger partial charge in [0.1, 0.15) is 0 Å². The van der Waals surface area contributed by atoms with E-state index in [1.807, 2.05) is 18.2 Å². The van der Waals surface area contributed by atoms with E-state index in [1.54, 1.807) is 0 Å². The molecule has 5 heteroatoms. The molecule has 0 aliphatic carbocycles. The summed E-state index contributed by atoms with van der Waals surface area (Å²) in [6.07, 6.45) is 0.848. The van der Waals surface area contributed by atoms with E-state index in [0.29, 0.717) is 0 Å². The number of rotatable bonds is 5. The minimum atomic E-state index is -0.00348. The summed E-state index contributed by atoms with van der Waals surface area (Å²) in [5.41, 5.74) is 2.22. The van der Waals surface area contributed by atoms with Gasteiger partial charge in [0.2, 0.25) is 0 Å². The molecule has 1 N–H and O–H groups in total. The van der Waals surface area contributed by atoms with Crippen molar-refractivity contribution in [2.45, 2.75) is 45.6 Å². The molecule has 21 heavy (non-hydrogen) atoms. The highest BCUT2D eigenvalue weighted by Crippen LogP contribution is 2.33. The van der Waals surface area contributed by atoms with Gasteiger partial charge in [-0.15, -0.1) is 5.10 Å². The van der Waals surface area contributed by atoms with Crippen LogP contribution in [-0.2, 0) is 11.8 Å². The van der Waals surface area contributed by atoms with Crippen LogP contribution in [0.4, 0.5) is 0 Å². The van der Waals surface area contributed by atoms with Gasteiger partial charge in [-0.05, 0) is 36.1 Å². The van der Waals surface area contributed by atoms with Gasteiger partial charge in [-0.2, -0.15) is 0 Å². The molecule has 114 valence electrons. The molecule has 0 fully saturated rings. The number of likely N-dealkylation sites (N-methyl/N-ethyl adjacent to an activating group) is 1. The van der Waals surface area contributed by atoms with E-state index in [0.717, 1.165) is 29.2 Å². The van der Waals surface area contributed by atoms with Crippen molar-refractivity contribution in [3.63, 3.8) is 0 Å². The van der Waals surface area contributed by atoms with Gasteiger partial charge in [0.05, 0.1) is 10.6 Å². The van der Waals surface area contributed by atoms with Gasteiger partial charge in [-0.3, -0.25) is 0 Å². The molecular formula is C16H22ClN3S. The third-order valence-electron chi connectivity index (χ3n) is 3.37. The van der Waals surface area contributed by atoms with Crippen molar-refractivity contribution in [2.24, 2.45) is 0 Å². The molecule has 3 nitrogen and oxygen atoms in total. The van der Waals surface area contributed by atoms with Crippen LogP contribution in [0.2, 0.25) is 5.02 Å². The topological polar surface area (TPSA) is 37.8 Å². The first-order valence-corrected chi connectivity index (χ1v) is 8.38. The number of benzene rings is 1. The predicted octanol–water partition coefficient (Wildman–Crippen LogP) is 4.38. The first-order chi connectivity index (χ1) is 9.93. The van der Waals surface area contributed by atoms with Gasteiger partial charge < -0.3 is 5.32 Å². The summed E-state index contributed by atoms with van der Waals surface area (Å²) in [5.74, 6) is 0. The first kappa shape index (κ1) is 16.4. The number of nitrogens with zero attached hydrogens (tertiary/aromatic N) is 2. The molecule has 0 bridgehead atoms. The quantitative estimate of drug-likeness (QED) is 0.887. The Morgan fingerprint density at radius 3 is 2.62 bits per heavy atom. The molecule has 2 rings (SSSR count). The molecule has 0 radical (unpaired) electrons. The molecular weight excluding hydrogens is 302 g/mol. The average molecular weight is 324 g/mol. The Labute approximate surface area is 135 Å². The SMILES string of the molecule is CCNC(Cc1ccccc1Cl)c1snnc1C(C)(C)C. The van der Waals surface area contributed by atoms with Gasteiger partial charge in [-0.25, -0.2) is 0 Å². The van der Waals surface area contributed by atoms with Gasteiger partial charge in [0.15, 0.2) is 0 Å². The normalized spacial score (nSPS) is 13.4. The van der Waals surface area contributed by atoms with Crippen LogP contribution >= 0.6 is 23.1 Å². The second-order valence-electron chi connectivity index (χ2n) is 6.14. The van der Waals surface area contributed by atoms with Crippen LogP contribution in [0.5, 0.6) is 0 Å². The van der Waals surface area contributed by atoms with E-state index < -0.39 is 0 Å². The van der Waals surface area contributed by atoms with E-state index >= 15 is 0 Å². The summed E-state index contributed by atoms with van der Waals surface area (Å²) >= 11 is 7.79. The van der Waals surface area contributed by atoms with Gasteiger partial charge in [0, 0.05) is 16.5 Å². The fourth-order valence-electron chi connectivity index (χ4n) is 2.33. The summed E-state index contributed by atoms with van der Waals surface area (Å²) in [4.78, 5) is 1.21. The number of nitrogens with one attached hydrogen (secondary N) is 1. The van der Waals surface area contributed by atoms with Crippen LogP contribution in [0.1, 0.15) is 49.9 Å². The average Bonchev–Trinajstić information content (AvgIpc) is 2.90. The molecule has 1 aromatic heterocycles. The van der Waals surface area contributed by atoms with Crippen molar-refractivity contribution in [1.82, 2.24) is 14.9 Å². The summed E-state index contributed by atoms with van der Waals surface area (Å²) < 4.78 is 4.17. The standard InChI is InChI=1S/C16H22ClN3S/c1-5-18-13(10-11-8-6-7-9-12(11)17)14-15(16(2,3)4)19-20-21-14/h6-9,13,18H,5,10H2,1-4H3. The van der Waals surface area contributed by atoms with Gasteiger partial charge in [0.25, 0.3) is 0 Å². The maximum absolute atomic E-state index is 6.30. The zero-order chi connectivity index (χ0) is 15.5. The predicted molar refractivity (Wildman–Crippen MR) is 90.2 cm³/mol. The molecule has 1 unspecified atom stereocenters. The molecule has 0 aliphatic heterocycles. The van der Waals surface area contributed by atoms with Crippen molar-refractivity contribution in [3.05, 3.63) is 45.4 Å². The smallest absolute Gasteiger partial charge is 0.0857 e. The van der Waals surface area contributed by atoms with Crippen LogP contribution in [0.25, 0.3) is 0 Å². The Kier molecular flexibility index (Phi) is 5.36.